The lowest BCUT2D eigenvalue weighted by Gasteiger charge is -2.11. The minimum atomic E-state index is -3.52. The van der Waals surface area contributed by atoms with Crippen molar-refractivity contribution in [2.75, 3.05) is 10.0 Å². The zero-order valence-corrected chi connectivity index (χ0v) is 19.3. The summed E-state index contributed by atoms with van der Waals surface area (Å²) < 4.78 is 46.6. The van der Waals surface area contributed by atoms with Crippen molar-refractivity contribution in [3.05, 3.63) is 54.4 Å². The SMILES string of the molecule is CC(C)Oc1cncc(-c2ccc(NC(=O)Cc3ccnc(NS(=O)(=O)C4CC4)n3)c(F)c2)n1. The summed E-state index contributed by atoms with van der Waals surface area (Å²) in [7, 11) is -3.52. The number of rotatable bonds is 9. The summed E-state index contributed by atoms with van der Waals surface area (Å²) in [5.41, 5.74) is 1.17. The number of anilines is 2. The van der Waals surface area contributed by atoms with E-state index in [9.17, 15) is 17.6 Å². The molecule has 0 atom stereocenters. The van der Waals surface area contributed by atoms with Gasteiger partial charge in [0.25, 0.3) is 0 Å². The summed E-state index contributed by atoms with van der Waals surface area (Å²) in [6, 6.07) is 5.76. The number of aromatic nitrogens is 4. The van der Waals surface area contributed by atoms with Gasteiger partial charge in [0, 0.05) is 11.8 Å². The molecule has 2 heterocycles. The number of carbonyl (C=O) groups is 1. The Morgan fingerprint density at radius 2 is 2.00 bits per heavy atom. The maximum absolute atomic E-state index is 14.7. The summed E-state index contributed by atoms with van der Waals surface area (Å²) in [6.45, 7) is 3.72. The lowest BCUT2D eigenvalue weighted by molar-refractivity contribution is -0.115. The minimum absolute atomic E-state index is 0.0139. The summed E-state index contributed by atoms with van der Waals surface area (Å²) in [5.74, 6) is -0.941. The van der Waals surface area contributed by atoms with Crippen molar-refractivity contribution in [3.63, 3.8) is 0 Å². The van der Waals surface area contributed by atoms with E-state index in [1.165, 1.54) is 36.8 Å². The molecule has 1 fully saturated rings. The minimum Gasteiger partial charge on any atom is -0.474 e. The molecule has 1 saturated carbocycles. The van der Waals surface area contributed by atoms with E-state index >= 15 is 0 Å². The van der Waals surface area contributed by atoms with Crippen molar-refractivity contribution in [1.29, 1.82) is 0 Å². The van der Waals surface area contributed by atoms with Gasteiger partial charge < -0.3 is 10.1 Å². The van der Waals surface area contributed by atoms with Crippen LogP contribution in [0, 0.1) is 5.82 Å². The second-order valence-electron chi connectivity index (χ2n) is 8.05. The molecule has 2 N–H and O–H groups in total. The van der Waals surface area contributed by atoms with Crippen LogP contribution in [0.1, 0.15) is 32.4 Å². The molecule has 0 bridgehead atoms. The molecule has 4 rings (SSSR count). The number of sulfonamides is 1. The summed E-state index contributed by atoms with van der Waals surface area (Å²) in [4.78, 5) is 28.8. The molecule has 12 heteroatoms. The Morgan fingerprint density at radius 1 is 1.21 bits per heavy atom. The Labute approximate surface area is 196 Å². The van der Waals surface area contributed by atoms with Crippen molar-refractivity contribution in [3.8, 4) is 17.1 Å². The van der Waals surface area contributed by atoms with Crippen LogP contribution in [0.5, 0.6) is 5.88 Å². The molecule has 1 aromatic carbocycles. The third-order valence-electron chi connectivity index (χ3n) is 4.76. The van der Waals surface area contributed by atoms with E-state index in [-0.39, 0.29) is 29.9 Å². The number of nitrogens with zero attached hydrogens (tertiary/aromatic N) is 4. The predicted octanol–water partition coefficient (Wildman–Crippen LogP) is 2.95. The van der Waals surface area contributed by atoms with Crippen LogP contribution in [-0.2, 0) is 21.2 Å². The first-order valence-corrected chi connectivity index (χ1v) is 12.2. The second-order valence-corrected chi connectivity index (χ2v) is 10.0. The molecule has 10 nitrogen and oxygen atoms in total. The summed E-state index contributed by atoms with van der Waals surface area (Å²) in [6.07, 6.45) is 5.25. The van der Waals surface area contributed by atoms with Gasteiger partial charge in [-0.3, -0.25) is 14.5 Å². The van der Waals surface area contributed by atoms with E-state index in [2.05, 4.69) is 30.0 Å². The molecule has 178 valence electrons. The topological polar surface area (TPSA) is 136 Å². The van der Waals surface area contributed by atoms with E-state index in [1.807, 2.05) is 13.8 Å². The van der Waals surface area contributed by atoms with Crippen molar-refractivity contribution < 1.29 is 22.3 Å². The molecule has 2 aromatic heterocycles. The highest BCUT2D eigenvalue weighted by atomic mass is 32.2. The largest absolute Gasteiger partial charge is 0.474 e. The van der Waals surface area contributed by atoms with E-state index in [4.69, 9.17) is 4.74 Å². The average molecular weight is 487 g/mol. The maximum Gasteiger partial charge on any atom is 0.237 e. The molecule has 0 aliphatic heterocycles. The van der Waals surface area contributed by atoms with Crippen LogP contribution in [-0.4, -0.2) is 45.6 Å². The molecule has 1 amide bonds. The van der Waals surface area contributed by atoms with Gasteiger partial charge in [-0.1, -0.05) is 6.07 Å². The zero-order chi connectivity index (χ0) is 24.3. The molecule has 1 aliphatic carbocycles. The number of hydrogen-bond acceptors (Lipinski definition) is 8. The third kappa shape index (κ3) is 6.01. The van der Waals surface area contributed by atoms with Gasteiger partial charge in [0.1, 0.15) is 5.82 Å². The molecule has 0 spiro atoms. The molecule has 0 radical (unpaired) electrons. The van der Waals surface area contributed by atoms with Crippen molar-refractivity contribution in [2.45, 2.75) is 44.5 Å². The quantitative estimate of drug-likeness (QED) is 0.471. The molecule has 3 aromatic rings. The Balaban J connectivity index is 1.41. The van der Waals surface area contributed by atoms with E-state index in [0.29, 0.717) is 30.0 Å². The Bertz CT molecular complexity index is 1310. The number of ether oxygens (including phenoxy) is 1. The van der Waals surface area contributed by atoms with Gasteiger partial charge in [0.05, 0.1) is 47.2 Å². The molecule has 1 aliphatic rings. The van der Waals surface area contributed by atoms with Gasteiger partial charge in [-0.05, 0) is 44.9 Å². The van der Waals surface area contributed by atoms with E-state index in [0.717, 1.165) is 0 Å². The van der Waals surface area contributed by atoms with Gasteiger partial charge in [0.15, 0.2) is 0 Å². The smallest absolute Gasteiger partial charge is 0.237 e. The molecule has 0 unspecified atom stereocenters. The van der Waals surface area contributed by atoms with Crippen LogP contribution in [0.3, 0.4) is 0 Å². The molecule has 0 saturated heterocycles. The number of amides is 1. The molecular formula is C22H23FN6O4S. The lowest BCUT2D eigenvalue weighted by atomic mass is 10.1. The monoisotopic (exact) mass is 486 g/mol. The Kier molecular flexibility index (Phi) is 6.68. The standard InChI is InChI=1S/C22H23FN6O4S/c1-13(2)33-21-12-24-11-19(28-21)14-3-6-18(17(23)9-14)27-20(30)10-15-7-8-25-22(26-15)29-34(31,32)16-4-5-16/h3,6-9,11-13,16H,4-5,10H2,1-2H3,(H,27,30)(H,25,26,29). The van der Waals surface area contributed by atoms with Gasteiger partial charge >= 0.3 is 0 Å². The van der Waals surface area contributed by atoms with Crippen molar-refractivity contribution in [2.24, 2.45) is 0 Å². The number of nitrogens with one attached hydrogen (secondary N) is 2. The van der Waals surface area contributed by atoms with Gasteiger partial charge in [-0.25, -0.2) is 27.8 Å². The highest BCUT2D eigenvalue weighted by Crippen LogP contribution is 2.29. The van der Waals surface area contributed by atoms with Gasteiger partial charge in [0.2, 0.25) is 27.8 Å². The number of halogens is 1. The van der Waals surface area contributed by atoms with Crippen LogP contribution >= 0.6 is 0 Å². The van der Waals surface area contributed by atoms with Crippen LogP contribution in [0.15, 0.2) is 42.9 Å². The Hall–Kier alpha value is -3.67. The van der Waals surface area contributed by atoms with Crippen molar-refractivity contribution >= 4 is 27.6 Å². The predicted molar refractivity (Wildman–Crippen MR) is 123 cm³/mol. The summed E-state index contributed by atoms with van der Waals surface area (Å²) >= 11 is 0. The first-order chi connectivity index (χ1) is 16.2. The first kappa shape index (κ1) is 23.5. The number of hydrogen-bond donors (Lipinski definition) is 2. The van der Waals surface area contributed by atoms with Crippen molar-refractivity contribution in [1.82, 2.24) is 19.9 Å². The van der Waals surface area contributed by atoms with Crippen LogP contribution < -0.4 is 14.8 Å². The zero-order valence-electron chi connectivity index (χ0n) is 18.5. The first-order valence-electron chi connectivity index (χ1n) is 10.6. The normalized spacial score (nSPS) is 13.5. The fourth-order valence-electron chi connectivity index (χ4n) is 3.05. The van der Waals surface area contributed by atoms with Crippen LogP contribution in [0.25, 0.3) is 11.3 Å². The fraction of sp³-hybridized carbons (Fsp3) is 0.318. The number of carbonyl (C=O) groups excluding carboxylic acids is 1. The maximum atomic E-state index is 14.7. The lowest BCUT2D eigenvalue weighted by Crippen LogP contribution is -2.20. The number of benzene rings is 1. The Morgan fingerprint density at radius 3 is 2.71 bits per heavy atom. The summed E-state index contributed by atoms with van der Waals surface area (Å²) in [5, 5.41) is 2.07. The molecular weight excluding hydrogens is 463 g/mol. The van der Waals surface area contributed by atoms with E-state index in [1.54, 1.807) is 6.07 Å². The van der Waals surface area contributed by atoms with Crippen LogP contribution in [0.4, 0.5) is 16.0 Å². The highest BCUT2D eigenvalue weighted by molar-refractivity contribution is 7.93. The molecule has 34 heavy (non-hydrogen) atoms. The fourth-order valence-corrected chi connectivity index (χ4v) is 4.33. The van der Waals surface area contributed by atoms with Crippen LogP contribution in [0.2, 0.25) is 0 Å². The average Bonchev–Trinajstić information content (AvgIpc) is 3.61. The van der Waals surface area contributed by atoms with Gasteiger partial charge in [-0.2, -0.15) is 0 Å². The van der Waals surface area contributed by atoms with Gasteiger partial charge in [-0.15, -0.1) is 0 Å². The highest BCUT2D eigenvalue weighted by Gasteiger charge is 2.36. The third-order valence-corrected chi connectivity index (χ3v) is 6.58. The second kappa shape index (κ2) is 9.67. The van der Waals surface area contributed by atoms with E-state index < -0.39 is 27.0 Å².